The molecular formula is C17H20N2. The summed E-state index contributed by atoms with van der Waals surface area (Å²) < 4.78 is 0. The van der Waals surface area contributed by atoms with Crippen LogP contribution in [-0.4, -0.2) is 12.1 Å². The molecule has 0 spiro atoms. The Kier molecular flexibility index (Phi) is 3.51. The smallest absolute Gasteiger partial charge is 0.0412 e. The van der Waals surface area contributed by atoms with Crippen LogP contribution in [0.4, 0.5) is 5.69 Å². The van der Waals surface area contributed by atoms with E-state index >= 15 is 0 Å². The summed E-state index contributed by atoms with van der Waals surface area (Å²) in [5.74, 6) is 0. The number of nitrogens with one attached hydrogen (secondary N) is 1. The fraction of sp³-hybridized carbons (Fsp3) is 0.294. The maximum absolute atomic E-state index is 6.09. The molecule has 1 aliphatic carbocycles. The van der Waals surface area contributed by atoms with Crippen molar-refractivity contribution in [2.75, 3.05) is 5.32 Å². The van der Waals surface area contributed by atoms with Gasteiger partial charge in [-0.3, -0.25) is 0 Å². The van der Waals surface area contributed by atoms with Gasteiger partial charge in [-0.2, -0.15) is 0 Å². The first kappa shape index (κ1) is 12.2. The van der Waals surface area contributed by atoms with Crippen LogP contribution < -0.4 is 11.1 Å². The van der Waals surface area contributed by atoms with E-state index in [4.69, 9.17) is 5.73 Å². The lowest BCUT2D eigenvalue weighted by molar-refractivity contribution is 0.638. The summed E-state index contributed by atoms with van der Waals surface area (Å²) in [4.78, 5) is 0. The molecule has 2 atom stereocenters. The van der Waals surface area contributed by atoms with Crippen molar-refractivity contribution in [1.82, 2.24) is 0 Å². The second kappa shape index (κ2) is 5.45. The molecule has 1 fully saturated rings. The minimum atomic E-state index is 0.300. The predicted molar refractivity (Wildman–Crippen MR) is 81.1 cm³/mol. The van der Waals surface area contributed by atoms with Gasteiger partial charge < -0.3 is 11.1 Å². The van der Waals surface area contributed by atoms with E-state index in [1.165, 1.54) is 29.7 Å². The molecule has 2 aromatic carbocycles. The highest BCUT2D eigenvalue weighted by Gasteiger charge is 2.23. The molecule has 0 bridgehead atoms. The molecule has 2 aromatic rings. The van der Waals surface area contributed by atoms with Gasteiger partial charge in [0.15, 0.2) is 0 Å². The van der Waals surface area contributed by atoms with Gasteiger partial charge in [-0.05, 0) is 42.5 Å². The van der Waals surface area contributed by atoms with Crippen molar-refractivity contribution in [1.29, 1.82) is 0 Å². The van der Waals surface area contributed by atoms with Gasteiger partial charge in [0.25, 0.3) is 0 Å². The van der Waals surface area contributed by atoms with E-state index in [0.717, 1.165) is 6.42 Å². The van der Waals surface area contributed by atoms with Crippen molar-refractivity contribution in [3.05, 3.63) is 54.6 Å². The maximum atomic E-state index is 6.09. The standard InChI is InChI=1S/C17H20N2/c18-16-7-4-8-17(16)19-15-11-9-14(10-12-15)13-5-2-1-3-6-13/h1-3,5-6,9-12,16-17,19H,4,7-8,18H2. The molecule has 3 N–H and O–H groups in total. The van der Waals surface area contributed by atoms with Gasteiger partial charge in [0.05, 0.1) is 0 Å². The summed E-state index contributed by atoms with van der Waals surface area (Å²) in [7, 11) is 0. The number of anilines is 1. The van der Waals surface area contributed by atoms with Crippen molar-refractivity contribution in [3.8, 4) is 11.1 Å². The predicted octanol–water partition coefficient (Wildman–Crippen LogP) is 3.65. The average Bonchev–Trinajstić information content (AvgIpc) is 2.86. The first-order chi connectivity index (χ1) is 9.33. The van der Waals surface area contributed by atoms with Crippen LogP contribution in [0.1, 0.15) is 19.3 Å². The van der Waals surface area contributed by atoms with E-state index in [1.54, 1.807) is 0 Å². The summed E-state index contributed by atoms with van der Waals surface area (Å²) in [5, 5.41) is 3.54. The molecule has 2 unspecified atom stereocenters. The lowest BCUT2D eigenvalue weighted by Gasteiger charge is -2.18. The molecule has 2 nitrogen and oxygen atoms in total. The Morgan fingerprint density at radius 2 is 1.53 bits per heavy atom. The van der Waals surface area contributed by atoms with Crippen LogP contribution in [0.2, 0.25) is 0 Å². The van der Waals surface area contributed by atoms with E-state index < -0.39 is 0 Å². The second-order valence-electron chi connectivity index (χ2n) is 5.29. The van der Waals surface area contributed by atoms with Crippen molar-refractivity contribution in [2.24, 2.45) is 5.73 Å². The fourth-order valence-corrected chi connectivity index (χ4v) is 2.77. The lowest BCUT2D eigenvalue weighted by Crippen LogP contribution is -2.35. The average molecular weight is 252 g/mol. The fourth-order valence-electron chi connectivity index (χ4n) is 2.77. The highest BCUT2D eigenvalue weighted by Crippen LogP contribution is 2.24. The number of rotatable bonds is 3. The van der Waals surface area contributed by atoms with E-state index in [1.807, 2.05) is 6.07 Å². The Bertz CT molecular complexity index is 519. The molecule has 98 valence electrons. The SMILES string of the molecule is NC1CCCC1Nc1ccc(-c2ccccc2)cc1. The van der Waals surface area contributed by atoms with Gasteiger partial charge in [0, 0.05) is 17.8 Å². The van der Waals surface area contributed by atoms with E-state index in [0.29, 0.717) is 12.1 Å². The molecule has 1 aliphatic rings. The molecular weight excluding hydrogens is 232 g/mol. The van der Waals surface area contributed by atoms with E-state index in [-0.39, 0.29) is 0 Å². The lowest BCUT2D eigenvalue weighted by atomic mass is 10.1. The van der Waals surface area contributed by atoms with E-state index in [9.17, 15) is 0 Å². The van der Waals surface area contributed by atoms with Gasteiger partial charge in [-0.15, -0.1) is 0 Å². The van der Waals surface area contributed by atoms with Crippen LogP contribution in [0.5, 0.6) is 0 Å². The number of hydrogen-bond donors (Lipinski definition) is 2. The monoisotopic (exact) mass is 252 g/mol. The first-order valence-corrected chi connectivity index (χ1v) is 7.00. The highest BCUT2D eigenvalue weighted by molar-refractivity contribution is 5.65. The number of nitrogens with two attached hydrogens (primary N) is 1. The number of benzene rings is 2. The third-order valence-corrected chi connectivity index (χ3v) is 3.91. The Labute approximate surface area is 114 Å². The molecule has 3 rings (SSSR count). The minimum Gasteiger partial charge on any atom is -0.381 e. The Morgan fingerprint density at radius 1 is 0.842 bits per heavy atom. The summed E-state index contributed by atoms with van der Waals surface area (Å²) >= 11 is 0. The van der Waals surface area contributed by atoms with Gasteiger partial charge in [0.1, 0.15) is 0 Å². The zero-order valence-electron chi connectivity index (χ0n) is 11.0. The van der Waals surface area contributed by atoms with Crippen LogP contribution in [0, 0.1) is 0 Å². The highest BCUT2D eigenvalue weighted by atomic mass is 15.0. The topological polar surface area (TPSA) is 38.0 Å². The molecule has 0 amide bonds. The quantitative estimate of drug-likeness (QED) is 0.875. The molecule has 19 heavy (non-hydrogen) atoms. The Hall–Kier alpha value is -1.80. The third kappa shape index (κ3) is 2.79. The van der Waals surface area contributed by atoms with Gasteiger partial charge in [-0.25, -0.2) is 0 Å². The van der Waals surface area contributed by atoms with Crippen LogP contribution in [0.25, 0.3) is 11.1 Å². The van der Waals surface area contributed by atoms with E-state index in [2.05, 4.69) is 53.8 Å². The summed E-state index contributed by atoms with van der Waals surface area (Å²) in [5.41, 5.74) is 9.76. The first-order valence-electron chi connectivity index (χ1n) is 7.00. The largest absolute Gasteiger partial charge is 0.381 e. The van der Waals surface area contributed by atoms with Crippen LogP contribution in [0.15, 0.2) is 54.6 Å². The molecule has 0 aliphatic heterocycles. The second-order valence-corrected chi connectivity index (χ2v) is 5.29. The Morgan fingerprint density at radius 3 is 2.16 bits per heavy atom. The summed E-state index contributed by atoms with van der Waals surface area (Å²) in [6.07, 6.45) is 3.56. The molecule has 2 heteroatoms. The molecule has 0 saturated heterocycles. The van der Waals surface area contributed by atoms with Crippen LogP contribution in [0.3, 0.4) is 0 Å². The Balaban J connectivity index is 1.72. The molecule has 0 radical (unpaired) electrons. The zero-order chi connectivity index (χ0) is 13.1. The van der Waals surface area contributed by atoms with Gasteiger partial charge in [-0.1, -0.05) is 42.5 Å². The van der Waals surface area contributed by atoms with Gasteiger partial charge in [0.2, 0.25) is 0 Å². The van der Waals surface area contributed by atoms with Crippen molar-refractivity contribution >= 4 is 5.69 Å². The minimum absolute atomic E-state index is 0.300. The number of hydrogen-bond acceptors (Lipinski definition) is 2. The van der Waals surface area contributed by atoms with Crippen molar-refractivity contribution in [2.45, 2.75) is 31.3 Å². The maximum Gasteiger partial charge on any atom is 0.0412 e. The van der Waals surface area contributed by atoms with Crippen molar-refractivity contribution < 1.29 is 0 Å². The zero-order valence-corrected chi connectivity index (χ0v) is 11.0. The van der Waals surface area contributed by atoms with Crippen LogP contribution in [-0.2, 0) is 0 Å². The van der Waals surface area contributed by atoms with Crippen molar-refractivity contribution in [3.63, 3.8) is 0 Å². The molecule has 0 aromatic heterocycles. The van der Waals surface area contributed by atoms with Crippen LogP contribution >= 0.6 is 0 Å². The molecule has 1 saturated carbocycles. The van der Waals surface area contributed by atoms with Gasteiger partial charge >= 0.3 is 0 Å². The summed E-state index contributed by atoms with van der Waals surface area (Å²) in [6.45, 7) is 0. The summed E-state index contributed by atoms with van der Waals surface area (Å²) in [6, 6.07) is 19.8. The normalized spacial score (nSPS) is 22.4. The third-order valence-electron chi connectivity index (χ3n) is 3.91. The molecule has 0 heterocycles.